The molecule has 0 saturated heterocycles. The first-order valence-electron chi connectivity index (χ1n) is 9.65. The molecule has 0 aliphatic carbocycles. The van der Waals surface area contributed by atoms with Crippen LogP contribution >= 0.6 is 0 Å². The smallest absolute Gasteiger partial charge is 0.408 e. The van der Waals surface area contributed by atoms with E-state index in [9.17, 15) is 13.2 Å². The van der Waals surface area contributed by atoms with Crippen LogP contribution in [0.25, 0.3) is 11.1 Å². The number of hydrogen-bond donors (Lipinski definition) is 3. The molecule has 0 fully saturated rings. The molecule has 2 aromatic heterocycles. The van der Waals surface area contributed by atoms with Crippen LogP contribution in [0.2, 0.25) is 0 Å². The predicted molar refractivity (Wildman–Crippen MR) is 124 cm³/mol. The van der Waals surface area contributed by atoms with Crippen LogP contribution < -0.4 is 21.1 Å². The van der Waals surface area contributed by atoms with Crippen molar-refractivity contribution in [1.82, 2.24) is 14.5 Å². The second-order valence-electron chi connectivity index (χ2n) is 7.49. The number of benzene rings is 2. The maximum absolute atomic E-state index is 11.7. The summed E-state index contributed by atoms with van der Waals surface area (Å²) in [5.41, 5.74) is 4.61. The van der Waals surface area contributed by atoms with Crippen molar-refractivity contribution < 1.29 is 12.8 Å². The molecule has 0 aliphatic rings. The van der Waals surface area contributed by atoms with Gasteiger partial charge in [0.2, 0.25) is 16.0 Å². The molecule has 0 atom stereocenters. The molecule has 4 aromatic rings. The van der Waals surface area contributed by atoms with Gasteiger partial charge in [0.15, 0.2) is 5.58 Å². The first kappa shape index (κ1) is 21.4. The molecule has 0 amide bonds. The van der Waals surface area contributed by atoms with Crippen molar-refractivity contribution in [3.8, 4) is 0 Å². The zero-order chi connectivity index (χ0) is 23.0. The van der Waals surface area contributed by atoms with Gasteiger partial charge in [-0.2, -0.15) is 4.98 Å². The van der Waals surface area contributed by atoms with E-state index in [1.165, 1.54) is 4.57 Å². The van der Waals surface area contributed by atoms with E-state index >= 15 is 0 Å². The Kier molecular flexibility index (Phi) is 5.35. The Morgan fingerprint density at radius 2 is 1.72 bits per heavy atom. The Morgan fingerprint density at radius 3 is 2.47 bits per heavy atom. The van der Waals surface area contributed by atoms with Crippen molar-refractivity contribution >= 4 is 50.0 Å². The van der Waals surface area contributed by atoms with Gasteiger partial charge in [0.05, 0.1) is 17.5 Å². The molecule has 10 nitrogen and oxygen atoms in total. The van der Waals surface area contributed by atoms with Crippen LogP contribution in [-0.4, -0.2) is 29.2 Å². The number of oxazole rings is 1. The van der Waals surface area contributed by atoms with E-state index in [0.29, 0.717) is 34.2 Å². The average Bonchev–Trinajstić information content (AvgIpc) is 3.00. The molecule has 0 spiro atoms. The highest BCUT2D eigenvalue weighted by Crippen LogP contribution is 2.26. The number of nitrogens with one attached hydrogen (secondary N) is 3. The number of aromatic nitrogens is 3. The summed E-state index contributed by atoms with van der Waals surface area (Å²) in [6.45, 7) is 3.69. The van der Waals surface area contributed by atoms with Crippen molar-refractivity contribution in [2.75, 3.05) is 21.6 Å². The number of anilines is 5. The molecule has 0 radical (unpaired) electrons. The molecule has 0 unspecified atom stereocenters. The third kappa shape index (κ3) is 4.57. The number of hydrogen-bond acceptors (Lipinski definition) is 8. The Labute approximate surface area is 184 Å². The SMILES string of the molecule is Cc1ccc(Nc2ncc(C)c(Nc3ccc4oc(=O)n(C)c4c3)n2)cc1NS(C)(=O)=O. The Hall–Kier alpha value is -3.86. The van der Waals surface area contributed by atoms with Crippen molar-refractivity contribution in [1.29, 1.82) is 0 Å². The fourth-order valence-corrected chi connectivity index (χ4v) is 3.73. The quantitative estimate of drug-likeness (QED) is 0.404. The summed E-state index contributed by atoms with van der Waals surface area (Å²) in [7, 11) is -1.76. The van der Waals surface area contributed by atoms with Crippen LogP contribution in [0.15, 0.2) is 51.8 Å². The third-order valence-electron chi connectivity index (χ3n) is 4.81. The van der Waals surface area contributed by atoms with E-state index in [-0.39, 0.29) is 0 Å². The van der Waals surface area contributed by atoms with Gasteiger partial charge in [-0.15, -0.1) is 0 Å². The molecule has 4 rings (SSSR count). The lowest BCUT2D eigenvalue weighted by atomic mass is 10.2. The number of aryl methyl sites for hydroxylation is 3. The van der Waals surface area contributed by atoms with Crippen LogP contribution in [0.1, 0.15) is 11.1 Å². The number of nitrogens with zero attached hydrogens (tertiary/aromatic N) is 3. The molecule has 166 valence electrons. The van der Waals surface area contributed by atoms with Crippen molar-refractivity contribution in [2.24, 2.45) is 7.05 Å². The predicted octanol–water partition coefficient (Wildman–Crippen LogP) is 3.40. The third-order valence-corrected chi connectivity index (χ3v) is 5.41. The summed E-state index contributed by atoms with van der Waals surface area (Å²) in [6.07, 6.45) is 2.78. The van der Waals surface area contributed by atoms with E-state index in [2.05, 4.69) is 25.3 Å². The molecular weight excluding hydrogens is 432 g/mol. The summed E-state index contributed by atoms with van der Waals surface area (Å²) in [5, 5.41) is 6.33. The first-order valence-corrected chi connectivity index (χ1v) is 11.5. The standard InChI is InChI=1S/C21H22N6O4S/c1-12-5-6-14(9-16(12)26-32(4,29)30)24-20-22-11-13(2)19(25-20)23-15-7-8-18-17(10-15)27(3)21(28)31-18/h5-11,26H,1-4H3,(H2,22,23,24,25). The maximum Gasteiger partial charge on any atom is 0.419 e. The molecule has 2 heterocycles. The zero-order valence-corrected chi connectivity index (χ0v) is 18.7. The number of rotatable bonds is 6. The minimum atomic E-state index is -3.40. The Bertz CT molecular complexity index is 1490. The molecule has 0 bridgehead atoms. The first-order chi connectivity index (χ1) is 15.1. The van der Waals surface area contributed by atoms with E-state index in [0.717, 1.165) is 23.1 Å². The highest BCUT2D eigenvalue weighted by Gasteiger charge is 2.10. The largest absolute Gasteiger partial charge is 0.419 e. The van der Waals surface area contributed by atoms with Gasteiger partial charge >= 0.3 is 5.76 Å². The van der Waals surface area contributed by atoms with Crippen LogP contribution in [0.3, 0.4) is 0 Å². The summed E-state index contributed by atoms with van der Waals surface area (Å²) in [5.74, 6) is 0.491. The van der Waals surface area contributed by atoms with Gasteiger partial charge < -0.3 is 15.1 Å². The van der Waals surface area contributed by atoms with Gasteiger partial charge in [0.1, 0.15) is 5.82 Å². The average molecular weight is 455 g/mol. The Balaban J connectivity index is 1.60. The van der Waals surface area contributed by atoms with E-state index in [1.807, 2.05) is 19.9 Å². The molecule has 3 N–H and O–H groups in total. The minimum absolute atomic E-state index is 0.337. The van der Waals surface area contributed by atoms with Gasteiger partial charge in [-0.3, -0.25) is 9.29 Å². The number of sulfonamides is 1. The van der Waals surface area contributed by atoms with Crippen molar-refractivity contribution in [3.63, 3.8) is 0 Å². The van der Waals surface area contributed by atoms with Gasteiger partial charge in [0, 0.05) is 30.2 Å². The van der Waals surface area contributed by atoms with Crippen molar-refractivity contribution in [3.05, 3.63) is 64.3 Å². The summed E-state index contributed by atoms with van der Waals surface area (Å²) < 4.78 is 32.3. The van der Waals surface area contributed by atoms with Gasteiger partial charge in [0.25, 0.3) is 0 Å². The fourth-order valence-electron chi connectivity index (χ4n) is 3.11. The van der Waals surface area contributed by atoms with E-state index < -0.39 is 15.8 Å². The topological polar surface area (TPSA) is 131 Å². The van der Waals surface area contributed by atoms with Crippen LogP contribution in [0, 0.1) is 13.8 Å². The molecular formula is C21H22N6O4S. The molecule has 2 aromatic carbocycles. The highest BCUT2D eigenvalue weighted by molar-refractivity contribution is 7.92. The summed E-state index contributed by atoms with van der Waals surface area (Å²) in [6, 6.07) is 10.6. The normalized spacial score (nSPS) is 11.5. The second kappa shape index (κ2) is 8.00. The fraction of sp³-hybridized carbons (Fsp3) is 0.190. The lowest BCUT2D eigenvalue weighted by Crippen LogP contribution is -2.11. The van der Waals surface area contributed by atoms with Crippen LogP contribution in [-0.2, 0) is 17.1 Å². The van der Waals surface area contributed by atoms with Gasteiger partial charge in [-0.1, -0.05) is 6.07 Å². The maximum atomic E-state index is 11.7. The zero-order valence-electron chi connectivity index (χ0n) is 17.9. The van der Waals surface area contributed by atoms with Gasteiger partial charge in [-0.25, -0.2) is 18.2 Å². The lowest BCUT2D eigenvalue weighted by Gasteiger charge is -2.13. The lowest BCUT2D eigenvalue weighted by molar-refractivity contribution is 0.528. The van der Waals surface area contributed by atoms with E-state index in [4.69, 9.17) is 4.42 Å². The molecule has 0 aliphatic heterocycles. The van der Waals surface area contributed by atoms with Crippen LogP contribution in [0.5, 0.6) is 0 Å². The van der Waals surface area contributed by atoms with Gasteiger partial charge in [-0.05, 0) is 49.7 Å². The Morgan fingerprint density at radius 1 is 1.00 bits per heavy atom. The minimum Gasteiger partial charge on any atom is -0.408 e. The van der Waals surface area contributed by atoms with Crippen molar-refractivity contribution in [2.45, 2.75) is 13.8 Å². The molecule has 32 heavy (non-hydrogen) atoms. The highest BCUT2D eigenvalue weighted by atomic mass is 32.2. The van der Waals surface area contributed by atoms with E-state index in [1.54, 1.807) is 43.6 Å². The summed E-state index contributed by atoms with van der Waals surface area (Å²) >= 11 is 0. The summed E-state index contributed by atoms with van der Waals surface area (Å²) in [4.78, 5) is 20.6. The number of fused-ring (bicyclic) bond motifs is 1. The molecule has 11 heteroatoms. The second-order valence-corrected chi connectivity index (χ2v) is 9.24. The van der Waals surface area contributed by atoms with Crippen LogP contribution in [0.4, 0.5) is 28.8 Å². The molecule has 0 saturated carbocycles. The monoisotopic (exact) mass is 454 g/mol.